The number of allylic oxidation sites excluding steroid dienone is 2. The molecular formula is C38H59ClO5SSi2. The number of fused-ring (bicyclic) bond motifs is 1. The summed E-state index contributed by atoms with van der Waals surface area (Å²) >= 11 is 8.63. The fourth-order valence-corrected chi connectivity index (χ4v) is 9.71. The topological polar surface area (TPSA) is 61.8 Å². The number of benzene rings is 1. The van der Waals surface area contributed by atoms with E-state index in [0.717, 1.165) is 36.1 Å². The van der Waals surface area contributed by atoms with E-state index in [2.05, 4.69) is 110 Å². The summed E-state index contributed by atoms with van der Waals surface area (Å²) in [6, 6.07) is 8.32. The standard InChI is InChI=1S/C38H59ClO5SSi2/c1-37(2,3)46(8,9)43-27(23-25-34-36(39)30-19-16-17-20-33(30)45-34)22-24-29-28(18-14-12-13-15-21-35(41)42-7)31(40)26-32(29)44-47(10,11)38(4,5)6/h12,14,16-17,19-20,22,24,27-29,32H,13,15,18,21,23,25-26H2,1-11H3/t27?,28-,29-,32-/m1/s1. The van der Waals surface area contributed by atoms with Gasteiger partial charge in [0.15, 0.2) is 16.6 Å². The van der Waals surface area contributed by atoms with Gasteiger partial charge in [0, 0.05) is 39.6 Å². The first-order valence-corrected chi connectivity index (χ1v) is 24.2. The fraction of sp³-hybridized carbons (Fsp3) is 0.632. The number of ketones is 1. The maximum absolute atomic E-state index is 13.6. The number of halogens is 1. The molecule has 5 nitrogen and oxygen atoms in total. The second-order valence-corrected chi connectivity index (χ2v) is 27.1. The Hall–Kier alpha value is -1.56. The van der Waals surface area contributed by atoms with Crippen LogP contribution in [0.15, 0.2) is 48.6 Å². The first kappa shape index (κ1) is 39.9. The number of Topliss-reactive ketones (excluding diaryl/α,β-unsaturated/α-hetero) is 1. The van der Waals surface area contributed by atoms with Gasteiger partial charge in [-0.15, -0.1) is 11.3 Å². The largest absolute Gasteiger partial charge is 0.469 e. The molecule has 0 saturated heterocycles. The molecule has 1 heterocycles. The highest BCUT2D eigenvalue weighted by Gasteiger charge is 2.47. The van der Waals surface area contributed by atoms with Crippen molar-refractivity contribution in [1.82, 2.24) is 0 Å². The molecular weight excluding hydrogens is 660 g/mol. The summed E-state index contributed by atoms with van der Waals surface area (Å²) in [5.41, 5.74) is 0. The molecule has 262 valence electrons. The molecule has 2 aromatic rings. The van der Waals surface area contributed by atoms with Gasteiger partial charge in [0.25, 0.3) is 0 Å². The van der Waals surface area contributed by atoms with Crippen molar-refractivity contribution in [2.45, 2.75) is 135 Å². The summed E-state index contributed by atoms with van der Waals surface area (Å²) in [5, 5.41) is 2.07. The summed E-state index contributed by atoms with van der Waals surface area (Å²) in [6.07, 6.45) is 13.1. The van der Waals surface area contributed by atoms with Crippen molar-refractivity contribution in [3.63, 3.8) is 0 Å². The number of esters is 1. The number of hydrogen-bond donors (Lipinski definition) is 0. The number of hydrogen-bond acceptors (Lipinski definition) is 6. The number of rotatable bonds is 15. The molecule has 1 unspecified atom stereocenters. The summed E-state index contributed by atoms with van der Waals surface area (Å²) in [4.78, 5) is 26.3. The number of carbonyl (C=O) groups excluding carboxylic acids is 2. The summed E-state index contributed by atoms with van der Waals surface area (Å²) in [7, 11) is -2.80. The lowest BCUT2D eigenvalue weighted by molar-refractivity contribution is -0.140. The molecule has 0 amide bonds. The normalized spacial score (nSPS) is 20.6. The predicted molar refractivity (Wildman–Crippen MR) is 205 cm³/mol. The van der Waals surface area contributed by atoms with Gasteiger partial charge in [-0.1, -0.05) is 95.6 Å². The van der Waals surface area contributed by atoms with E-state index >= 15 is 0 Å². The Kier molecular flexibility index (Phi) is 13.9. The minimum atomic E-state index is -2.12. The second kappa shape index (κ2) is 16.4. The molecule has 0 N–H and O–H groups in total. The monoisotopic (exact) mass is 718 g/mol. The van der Waals surface area contributed by atoms with Crippen molar-refractivity contribution in [3.8, 4) is 0 Å². The number of ether oxygens (including phenoxy) is 1. The fourth-order valence-electron chi connectivity index (χ4n) is 5.51. The van der Waals surface area contributed by atoms with Crippen LogP contribution in [-0.4, -0.2) is 47.7 Å². The van der Waals surface area contributed by atoms with Crippen LogP contribution in [0.5, 0.6) is 0 Å². The van der Waals surface area contributed by atoms with E-state index in [0.29, 0.717) is 19.3 Å². The first-order chi connectivity index (χ1) is 21.8. The van der Waals surface area contributed by atoms with Crippen LogP contribution in [0, 0.1) is 11.8 Å². The number of aryl methyl sites for hydroxylation is 1. The Balaban J connectivity index is 1.89. The third kappa shape index (κ3) is 10.7. The number of carbonyl (C=O) groups is 2. The molecule has 3 rings (SSSR count). The van der Waals surface area contributed by atoms with Gasteiger partial charge in [0.1, 0.15) is 5.78 Å². The van der Waals surface area contributed by atoms with Gasteiger partial charge in [-0.05, 0) is 74.4 Å². The van der Waals surface area contributed by atoms with Crippen LogP contribution in [-0.2, 0) is 29.6 Å². The number of thiophene rings is 1. The van der Waals surface area contributed by atoms with E-state index in [1.165, 1.54) is 16.7 Å². The molecule has 0 aliphatic heterocycles. The van der Waals surface area contributed by atoms with Crippen molar-refractivity contribution < 1.29 is 23.2 Å². The van der Waals surface area contributed by atoms with Crippen LogP contribution in [0.2, 0.25) is 41.3 Å². The average Bonchev–Trinajstić information content (AvgIpc) is 3.44. The van der Waals surface area contributed by atoms with Gasteiger partial charge < -0.3 is 13.6 Å². The zero-order chi connectivity index (χ0) is 35.2. The third-order valence-electron chi connectivity index (χ3n) is 10.6. The molecule has 1 aromatic heterocycles. The van der Waals surface area contributed by atoms with Gasteiger partial charge in [0.05, 0.1) is 24.3 Å². The molecule has 1 fully saturated rings. The van der Waals surface area contributed by atoms with Crippen LogP contribution in [0.3, 0.4) is 0 Å². The van der Waals surface area contributed by atoms with Gasteiger partial charge >= 0.3 is 5.97 Å². The van der Waals surface area contributed by atoms with Crippen molar-refractivity contribution in [2.75, 3.05) is 7.11 Å². The van der Waals surface area contributed by atoms with E-state index in [4.69, 9.17) is 25.2 Å². The van der Waals surface area contributed by atoms with Crippen LogP contribution < -0.4 is 0 Å². The van der Waals surface area contributed by atoms with Crippen molar-refractivity contribution >= 4 is 61.4 Å². The average molecular weight is 720 g/mol. The van der Waals surface area contributed by atoms with Crippen molar-refractivity contribution in [2.24, 2.45) is 11.8 Å². The van der Waals surface area contributed by atoms with Gasteiger partial charge in [-0.2, -0.15) is 0 Å². The van der Waals surface area contributed by atoms with Gasteiger partial charge in [-0.25, -0.2) is 0 Å². The van der Waals surface area contributed by atoms with Crippen LogP contribution in [0.1, 0.15) is 84.9 Å². The first-order valence-electron chi connectivity index (χ1n) is 17.2. The molecule has 0 spiro atoms. The van der Waals surface area contributed by atoms with Crippen LogP contribution >= 0.6 is 22.9 Å². The zero-order valence-corrected chi connectivity index (χ0v) is 34.3. The third-order valence-corrected chi connectivity index (χ3v) is 21.3. The highest BCUT2D eigenvalue weighted by Crippen LogP contribution is 2.44. The Morgan fingerprint density at radius 1 is 1.04 bits per heavy atom. The Bertz CT molecular complexity index is 1420. The maximum atomic E-state index is 13.6. The van der Waals surface area contributed by atoms with E-state index in [9.17, 15) is 9.59 Å². The smallest absolute Gasteiger partial charge is 0.305 e. The van der Waals surface area contributed by atoms with E-state index in [1.807, 2.05) is 6.07 Å². The van der Waals surface area contributed by atoms with Gasteiger partial charge in [-0.3, -0.25) is 9.59 Å². The zero-order valence-electron chi connectivity index (χ0n) is 30.7. The lowest BCUT2D eigenvalue weighted by atomic mass is 9.90. The van der Waals surface area contributed by atoms with Gasteiger partial charge in [0.2, 0.25) is 0 Å². The summed E-state index contributed by atoms with van der Waals surface area (Å²) in [5.74, 6) is -0.107. The Morgan fingerprint density at radius 3 is 2.32 bits per heavy atom. The minimum Gasteiger partial charge on any atom is -0.469 e. The highest BCUT2D eigenvalue weighted by molar-refractivity contribution is 7.19. The predicted octanol–water partition coefficient (Wildman–Crippen LogP) is 11.3. The lowest BCUT2D eigenvalue weighted by Crippen LogP contribution is -2.45. The maximum Gasteiger partial charge on any atom is 0.305 e. The highest BCUT2D eigenvalue weighted by atomic mass is 35.5. The van der Waals surface area contributed by atoms with Crippen LogP contribution in [0.4, 0.5) is 0 Å². The minimum absolute atomic E-state index is 0.0326. The molecule has 9 heteroatoms. The summed E-state index contributed by atoms with van der Waals surface area (Å²) < 4.78 is 20.0. The second-order valence-electron chi connectivity index (χ2n) is 16.1. The number of methoxy groups -OCH3 is 1. The van der Waals surface area contributed by atoms with Crippen LogP contribution in [0.25, 0.3) is 10.1 Å². The molecule has 0 bridgehead atoms. The molecule has 47 heavy (non-hydrogen) atoms. The lowest BCUT2D eigenvalue weighted by Gasteiger charge is -2.40. The number of unbranched alkanes of at least 4 members (excludes halogenated alkanes) is 1. The molecule has 1 saturated carbocycles. The van der Waals surface area contributed by atoms with E-state index < -0.39 is 16.6 Å². The molecule has 1 aliphatic carbocycles. The molecule has 4 atom stereocenters. The Morgan fingerprint density at radius 2 is 1.70 bits per heavy atom. The molecule has 1 aliphatic rings. The Labute approximate surface area is 295 Å². The molecule has 0 radical (unpaired) electrons. The van der Waals surface area contributed by atoms with Crippen molar-refractivity contribution in [1.29, 1.82) is 0 Å². The van der Waals surface area contributed by atoms with Crippen molar-refractivity contribution in [3.05, 3.63) is 58.5 Å². The summed E-state index contributed by atoms with van der Waals surface area (Å²) in [6.45, 7) is 22.7. The van der Waals surface area contributed by atoms with E-state index in [-0.39, 0.29) is 45.9 Å². The quantitative estimate of drug-likeness (QED) is 0.0794. The molecule has 1 aromatic carbocycles. The SMILES string of the molecule is COC(=O)CCCC=CC[C@H]1C(=O)C[C@@H](O[Si](C)(C)C(C)(C)C)[C@@H]1C=CC(CCc1sc2ccccc2c1Cl)O[Si](C)(C)C(C)(C)C. The van der Waals surface area contributed by atoms with E-state index in [1.54, 1.807) is 11.3 Å².